The summed E-state index contributed by atoms with van der Waals surface area (Å²) in [5.41, 5.74) is 0.391. The molecular weight excluding hydrogens is 347 g/mol. The van der Waals surface area contributed by atoms with Crippen LogP contribution in [0.4, 0.5) is 0 Å². The Balaban J connectivity index is 2.03. The average Bonchev–Trinajstić information content (AvgIpc) is 2.47. The molecule has 0 fully saturated rings. The zero-order chi connectivity index (χ0) is 16.3. The summed E-state index contributed by atoms with van der Waals surface area (Å²) in [6.45, 7) is -0.184. The van der Waals surface area contributed by atoms with Gasteiger partial charge in [0.2, 0.25) is 0 Å². The Bertz CT molecular complexity index is 799. The summed E-state index contributed by atoms with van der Waals surface area (Å²) >= 11 is 11.6. The van der Waals surface area contributed by atoms with Crippen LogP contribution in [0.1, 0.15) is 10.4 Å². The first-order valence-electron chi connectivity index (χ1n) is 6.18. The summed E-state index contributed by atoms with van der Waals surface area (Å²) in [6.07, 6.45) is 1.12. The van der Waals surface area contributed by atoms with E-state index >= 15 is 0 Å². The van der Waals surface area contributed by atoms with Crippen LogP contribution in [-0.2, 0) is 9.84 Å². The van der Waals surface area contributed by atoms with E-state index in [1.807, 2.05) is 0 Å². The fourth-order valence-corrected chi connectivity index (χ4v) is 2.61. The number of halogens is 2. The zero-order valence-electron chi connectivity index (χ0n) is 11.5. The van der Waals surface area contributed by atoms with Gasteiger partial charge in [0.1, 0.15) is 5.75 Å². The summed E-state index contributed by atoms with van der Waals surface area (Å²) in [4.78, 5) is 12.2. The van der Waals surface area contributed by atoms with Crippen LogP contribution in [0.3, 0.4) is 0 Å². The Hall–Kier alpha value is -1.56. The quantitative estimate of drug-likeness (QED) is 0.765. The second-order valence-electron chi connectivity index (χ2n) is 4.58. The Kier molecular flexibility index (Phi) is 5.11. The molecule has 0 unspecified atom stereocenters. The Labute approximate surface area is 138 Å². The molecule has 0 aliphatic carbocycles. The van der Waals surface area contributed by atoms with Gasteiger partial charge in [-0.25, -0.2) is 8.42 Å². The van der Waals surface area contributed by atoms with E-state index < -0.39 is 9.84 Å². The SMILES string of the molecule is CS(=O)(=O)c1ccc(OCC(=O)c2ccc(Cl)c(Cl)c2)cc1. The van der Waals surface area contributed by atoms with Crippen LogP contribution in [0.5, 0.6) is 5.75 Å². The monoisotopic (exact) mass is 358 g/mol. The van der Waals surface area contributed by atoms with Gasteiger partial charge in [0.25, 0.3) is 0 Å². The van der Waals surface area contributed by atoms with Gasteiger partial charge in [-0.3, -0.25) is 4.79 Å². The van der Waals surface area contributed by atoms with E-state index in [-0.39, 0.29) is 17.3 Å². The van der Waals surface area contributed by atoms with Gasteiger partial charge in [-0.15, -0.1) is 0 Å². The molecule has 0 atom stereocenters. The molecule has 4 nitrogen and oxygen atoms in total. The standard InChI is InChI=1S/C15H12Cl2O4S/c1-22(19,20)12-5-3-11(4-6-12)21-9-15(18)10-2-7-13(16)14(17)8-10/h2-8H,9H2,1H3. The van der Waals surface area contributed by atoms with Gasteiger partial charge in [-0.05, 0) is 42.5 Å². The van der Waals surface area contributed by atoms with E-state index in [4.69, 9.17) is 27.9 Å². The molecule has 7 heteroatoms. The number of hydrogen-bond donors (Lipinski definition) is 0. The smallest absolute Gasteiger partial charge is 0.200 e. The molecule has 22 heavy (non-hydrogen) atoms. The third-order valence-corrected chi connectivity index (χ3v) is 4.73. The van der Waals surface area contributed by atoms with Gasteiger partial charge in [0, 0.05) is 11.8 Å². The molecule has 0 aromatic heterocycles. The highest BCUT2D eigenvalue weighted by molar-refractivity contribution is 7.90. The second kappa shape index (κ2) is 6.69. The summed E-state index contributed by atoms with van der Waals surface area (Å²) in [7, 11) is -3.25. The van der Waals surface area contributed by atoms with Crippen LogP contribution in [0.15, 0.2) is 47.4 Å². The molecule has 0 heterocycles. The van der Waals surface area contributed by atoms with Crippen molar-refractivity contribution >= 4 is 38.8 Å². The number of carbonyl (C=O) groups is 1. The number of Topliss-reactive ketones (excluding diaryl/α,β-unsaturated/α-hetero) is 1. The van der Waals surface area contributed by atoms with Crippen molar-refractivity contribution in [2.75, 3.05) is 12.9 Å². The number of rotatable bonds is 5. The van der Waals surface area contributed by atoms with Crippen LogP contribution in [0.2, 0.25) is 10.0 Å². The summed E-state index contributed by atoms with van der Waals surface area (Å²) < 4.78 is 28.0. The predicted molar refractivity (Wildman–Crippen MR) is 85.8 cm³/mol. The molecule has 0 saturated carbocycles. The van der Waals surface area contributed by atoms with Crippen molar-refractivity contribution in [2.24, 2.45) is 0 Å². The maximum absolute atomic E-state index is 12.0. The van der Waals surface area contributed by atoms with E-state index in [1.54, 1.807) is 6.07 Å². The lowest BCUT2D eigenvalue weighted by Gasteiger charge is -2.07. The molecule has 0 aliphatic rings. The van der Waals surface area contributed by atoms with E-state index in [0.29, 0.717) is 21.4 Å². The first kappa shape index (κ1) is 16.8. The van der Waals surface area contributed by atoms with Gasteiger partial charge in [-0.1, -0.05) is 23.2 Å². The minimum Gasteiger partial charge on any atom is -0.485 e. The van der Waals surface area contributed by atoms with E-state index in [2.05, 4.69) is 0 Å². The maximum Gasteiger partial charge on any atom is 0.200 e. The number of ketones is 1. The van der Waals surface area contributed by atoms with Crippen molar-refractivity contribution in [1.82, 2.24) is 0 Å². The van der Waals surface area contributed by atoms with Crippen LogP contribution >= 0.6 is 23.2 Å². The zero-order valence-corrected chi connectivity index (χ0v) is 13.9. The minimum atomic E-state index is -3.25. The molecule has 0 aliphatic heterocycles. The third-order valence-electron chi connectivity index (χ3n) is 2.86. The largest absolute Gasteiger partial charge is 0.485 e. The highest BCUT2D eigenvalue weighted by Crippen LogP contribution is 2.23. The van der Waals surface area contributed by atoms with Crippen molar-refractivity contribution in [3.8, 4) is 5.75 Å². The fraction of sp³-hybridized carbons (Fsp3) is 0.133. The molecule has 0 saturated heterocycles. The number of hydrogen-bond acceptors (Lipinski definition) is 4. The van der Waals surface area contributed by atoms with Crippen molar-refractivity contribution < 1.29 is 17.9 Å². The van der Waals surface area contributed by atoms with Crippen molar-refractivity contribution in [2.45, 2.75) is 4.90 Å². The normalized spacial score (nSPS) is 11.2. The molecule has 2 aromatic carbocycles. The average molecular weight is 359 g/mol. The Morgan fingerprint density at radius 3 is 2.23 bits per heavy atom. The lowest BCUT2D eigenvalue weighted by molar-refractivity contribution is 0.0921. The fourth-order valence-electron chi connectivity index (χ4n) is 1.68. The van der Waals surface area contributed by atoms with E-state index in [9.17, 15) is 13.2 Å². The molecule has 0 radical (unpaired) electrons. The van der Waals surface area contributed by atoms with Gasteiger partial charge in [0.15, 0.2) is 22.2 Å². The molecule has 0 spiro atoms. The van der Waals surface area contributed by atoms with Crippen LogP contribution in [-0.4, -0.2) is 27.1 Å². The lowest BCUT2D eigenvalue weighted by Crippen LogP contribution is -2.11. The molecular formula is C15H12Cl2O4S. The number of carbonyl (C=O) groups excluding carboxylic acids is 1. The Morgan fingerprint density at radius 2 is 1.68 bits per heavy atom. The highest BCUT2D eigenvalue weighted by Gasteiger charge is 2.10. The van der Waals surface area contributed by atoms with Crippen molar-refractivity contribution in [3.63, 3.8) is 0 Å². The van der Waals surface area contributed by atoms with Crippen LogP contribution in [0.25, 0.3) is 0 Å². The lowest BCUT2D eigenvalue weighted by atomic mass is 10.1. The molecule has 2 aromatic rings. The number of benzene rings is 2. The summed E-state index contributed by atoms with van der Waals surface area (Å²) in [5, 5.41) is 0.667. The van der Waals surface area contributed by atoms with Crippen LogP contribution < -0.4 is 4.74 Å². The van der Waals surface area contributed by atoms with E-state index in [1.165, 1.54) is 36.4 Å². The topological polar surface area (TPSA) is 60.4 Å². The molecule has 2 rings (SSSR count). The molecule has 0 amide bonds. The van der Waals surface area contributed by atoms with Gasteiger partial charge in [0.05, 0.1) is 14.9 Å². The summed E-state index contributed by atoms with van der Waals surface area (Å²) in [5.74, 6) is 0.145. The van der Waals surface area contributed by atoms with Crippen molar-refractivity contribution in [1.29, 1.82) is 0 Å². The first-order chi connectivity index (χ1) is 10.3. The van der Waals surface area contributed by atoms with Crippen LogP contribution in [0, 0.1) is 0 Å². The second-order valence-corrected chi connectivity index (χ2v) is 7.41. The summed E-state index contributed by atoms with van der Waals surface area (Å²) in [6, 6.07) is 10.4. The molecule has 116 valence electrons. The van der Waals surface area contributed by atoms with Gasteiger partial charge >= 0.3 is 0 Å². The molecule has 0 N–H and O–H groups in total. The minimum absolute atomic E-state index is 0.184. The number of sulfone groups is 1. The highest BCUT2D eigenvalue weighted by atomic mass is 35.5. The van der Waals surface area contributed by atoms with E-state index in [0.717, 1.165) is 6.26 Å². The van der Waals surface area contributed by atoms with Crippen molar-refractivity contribution in [3.05, 3.63) is 58.1 Å². The maximum atomic E-state index is 12.0. The first-order valence-corrected chi connectivity index (χ1v) is 8.83. The predicted octanol–water partition coefficient (Wildman–Crippen LogP) is 3.66. The number of ether oxygens (including phenoxy) is 1. The third kappa shape index (κ3) is 4.22. The molecule has 0 bridgehead atoms. The van der Waals surface area contributed by atoms with Gasteiger partial charge in [-0.2, -0.15) is 0 Å². The Morgan fingerprint density at radius 1 is 1.05 bits per heavy atom. The van der Waals surface area contributed by atoms with Gasteiger partial charge < -0.3 is 4.74 Å².